The minimum Gasteiger partial charge on any atom is -0.393 e. The monoisotopic (exact) mass is 332 g/mol. The van der Waals surface area contributed by atoms with Gasteiger partial charge in [0.25, 0.3) is 0 Å². The lowest BCUT2D eigenvalue weighted by molar-refractivity contribution is -0.134. The predicted molar refractivity (Wildman–Crippen MR) is 96.5 cm³/mol. The van der Waals surface area contributed by atoms with E-state index >= 15 is 0 Å². The number of aliphatic hydroxyl groups is 1. The molecule has 2 heteroatoms. The Labute approximate surface area is 148 Å². The van der Waals surface area contributed by atoms with Crippen molar-refractivity contribution in [3.8, 4) is 0 Å². The van der Waals surface area contributed by atoms with E-state index in [1.54, 1.807) is 6.92 Å². The summed E-state index contributed by atoms with van der Waals surface area (Å²) in [6.45, 7) is 9.07. The number of ketones is 1. The molecule has 0 amide bonds. The molecule has 24 heavy (non-hydrogen) atoms. The van der Waals surface area contributed by atoms with Crippen molar-refractivity contribution >= 4 is 5.78 Å². The van der Waals surface area contributed by atoms with E-state index < -0.39 is 6.08 Å². The minimum absolute atomic E-state index is 0.135. The van der Waals surface area contributed by atoms with Crippen LogP contribution in [0.4, 0.5) is 0 Å². The summed E-state index contributed by atoms with van der Waals surface area (Å²) in [6.07, 6.45) is 8.82. The molecule has 1 N–H and O–H groups in total. The number of fused-ring (bicyclic) bond motifs is 5. The van der Waals surface area contributed by atoms with Crippen molar-refractivity contribution in [1.82, 2.24) is 0 Å². The van der Waals surface area contributed by atoms with Crippen molar-refractivity contribution in [3.05, 3.63) is 11.6 Å². The molecule has 4 rings (SSSR count). The van der Waals surface area contributed by atoms with Gasteiger partial charge in [0, 0.05) is 5.92 Å². The van der Waals surface area contributed by atoms with Gasteiger partial charge in [-0.1, -0.05) is 32.4 Å². The number of carbonyl (C=O) groups excluding carboxylic acids is 1. The number of carbonyl (C=O) groups is 1. The minimum atomic E-state index is -1.27. The first-order valence-electron chi connectivity index (χ1n) is 10.5. The average Bonchev–Trinajstić information content (AvgIpc) is 2.87. The molecule has 0 bridgehead atoms. The molecule has 0 heterocycles. The average molecular weight is 333 g/mol. The number of hydrogen-bond acceptors (Lipinski definition) is 2. The third-order valence-electron chi connectivity index (χ3n) is 9.01. The van der Waals surface area contributed by atoms with Crippen LogP contribution in [0.25, 0.3) is 0 Å². The Morgan fingerprint density at radius 1 is 1.12 bits per heavy atom. The highest BCUT2D eigenvalue weighted by molar-refractivity contribution is 5.79. The van der Waals surface area contributed by atoms with Crippen LogP contribution in [0.5, 0.6) is 0 Å². The molecule has 0 aromatic carbocycles. The molecule has 134 valence electrons. The van der Waals surface area contributed by atoms with E-state index in [4.69, 9.17) is 1.37 Å². The molecule has 0 aromatic rings. The van der Waals surface area contributed by atoms with Crippen LogP contribution in [0.1, 0.15) is 80.4 Å². The Morgan fingerprint density at radius 3 is 2.58 bits per heavy atom. The summed E-state index contributed by atoms with van der Waals surface area (Å²) in [5, 5.41) is 10.3. The largest absolute Gasteiger partial charge is 0.393 e. The molecule has 0 spiro atoms. The second-order valence-corrected chi connectivity index (χ2v) is 9.99. The van der Waals surface area contributed by atoms with Crippen LogP contribution >= 0.6 is 0 Å². The Morgan fingerprint density at radius 2 is 1.88 bits per heavy atom. The van der Waals surface area contributed by atoms with E-state index in [0.29, 0.717) is 30.5 Å². The van der Waals surface area contributed by atoms with Crippen molar-refractivity contribution in [3.63, 3.8) is 0 Å². The molecular formula is C22H34O2. The summed E-state index contributed by atoms with van der Waals surface area (Å²) in [4.78, 5) is 12.3. The van der Waals surface area contributed by atoms with Crippen LogP contribution < -0.4 is 0 Å². The summed E-state index contributed by atoms with van der Waals surface area (Å²) in [5.41, 5.74) is 1.90. The fourth-order valence-corrected chi connectivity index (χ4v) is 7.81. The fraction of sp³-hybridized carbons (Fsp3) is 0.864. The molecule has 0 radical (unpaired) electrons. The Kier molecular flexibility index (Phi) is 3.38. The number of Topliss-reactive ketones (excluding diaryl/α,β-unsaturated/α-hetero) is 1. The first-order chi connectivity index (χ1) is 11.5. The highest BCUT2D eigenvalue weighted by Crippen LogP contribution is 2.71. The topological polar surface area (TPSA) is 37.3 Å². The molecule has 4 aliphatic carbocycles. The normalized spacial score (nSPS) is 57.3. The van der Waals surface area contributed by atoms with E-state index in [1.165, 1.54) is 18.4 Å². The van der Waals surface area contributed by atoms with Gasteiger partial charge in [-0.15, -0.1) is 0 Å². The highest BCUT2D eigenvalue weighted by Gasteiger charge is 2.64. The summed E-state index contributed by atoms with van der Waals surface area (Å²) < 4.78 is 8.12. The van der Waals surface area contributed by atoms with Crippen LogP contribution in [0, 0.1) is 34.0 Å². The maximum atomic E-state index is 12.3. The van der Waals surface area contributed by atoms with Gasteiger partial charge in [-0.3, -0.25) is 4.79 Å². The molecule has 2 nitrogen and oxygen atoms in total. The van der Waals surface area contributed by atoms with Crippen LogP contribution in [0.2, 0.25) is 0 Å². The third-order valence-corrected chi connectivity index (χ3v) is 9.01. The highest BCUT2D eigenvalue weighted by atomic mass is 16.3. The molecule has 0 aromatic heterocycles. The van der Waals surface area contributed by atoms with Gasteiger partial charge in [0.05, 0.1) is 7.45 Å². The van der Waals surface area contributed by atoms with Crippen molar-refractivity contribution in [2.24, 2.45) is 34.0 Å². The molecule has 7 atom stereocenters. The van der Waals surface area contributed by atoms with Gasteiger partial charge >= 0.3 is 0 Å². The Balaban J connectivity index is 1.73. The molecule has 4 aliphatic rings. The maximum Gasteiger partial charge on any atom is 0.133 e. The molecule has 3 saturated carbocycles. The first-order valence-corrected chi connectivity index (χ1v) is 9.95. The van der Waals surface area contributed by atoms with Crippen LogP contribution in [0.15, 0.2) is 11.6 Å². The van der Waals surface area contributed by atoms with E-state index in [1.807, 2.05) is 0 Å². The number of allylic oxidation sites excluding steroid dienone is 1. The van der Waals surface area contributed by atoms with Gasteiger partial charge < -0.3 is 5.11 Å². The van der Waals surface area contributed by atoms with Gasteiger partial charge in [-0.05, 0) is 86.4 Å². The van der Waals surface area contributed by atoms with Crippen molar-refractivity contribution < 1.29 is 11.3 Å². The predicted octanol–water partition coefficient (Wildman–Crippen LogP) is 4.91. The molecule has 0 saturated heterocycles. The third kappa shape index (κ3) is 2.01. The Hall–Kier alpha value is -0.630. The van der Waals surface area contributed by atoms with E-state index in [0.717, 1.165) is 25.7 Å². The Bertz CT molecular complexity index is 638. The summed E-state index contributed by atoms with van der Waals surface area (Å²) >= 11 is 0. The van der Waals surface area contributed by atoms with Gasteiger partial charge in [0.1, 0.15) is 5.78 Å². The second-order valence-electron chi connectivity index (χ2n) is 9.99. The van der Waals surface area contributed by atoms with Gasteiger partial charge in [0.15, 0.2) is 0 Å². The second kappa shape index (κ2) is 5.19. The number of rotatable bonds is 1. The standard InChI is InChI=1S/C22H34O2/c1-14(23)17-5-6-18-21(17,3)12-9-19-20(2)11-8-16(24)13-15(20)7-10-22(18,19)4/h7,16-19,24H,5-6,8-13H2,1-4H3/t16-,17+,18+,19+,20-,21+,22-/m0/s1/i16T. The van der Waals surface area contributed by atoms with Crippen LogP contribution in [-0.4, -0.2) is 17.0 Å². The summed E-state index contributed by atoms with van der Waals surface area (Å²) in [6, 6.07) is 0. The first kappa shape index (κ1) is 15.6. The zero-order valence-corrected chi connectivity index (χ0v) is 15.8. The van der Waals surface area contributed by atoms with E-state index in [9.17, 15) is 9.90 Å². The lowest BCUT2D eigenvalue weighted by atomic mass is 9.41. The summed E-state index contributed by atoms with van der Waals surface area (Å²) in [7, 11) is 0. The van der Waals surface area contributed by atoms with Crippen molar-refractivity contribution in [2.75, 3.05) is 0 Å². The molecule has 3 fully saturated rings. The van der Waals surface area contributed by atoms with Gasteiger partial charge in [-0.25, -0.2) is 0 Å². The SMILES string of the molecule is [3H][C@]1(O)CC[C@@]2(C)C(=CC[C@@]3(C)[C@@H]4CC[C@H](C(C)=O)[C@@]4(C)CC[C@@H]32)C1. The van der Waals surface area contributed by atoms with Gasteiger partial charge in [0.2, 0.25) is 0 Å². The van der Waals surface area contributed by atoms with Crippen molar-refractivity contribution in [1.29, 1.82) is 0 Å². The smallest absolute Gasteiger partial charge is 0.133 e. The zero-order valence-electron chi connectivity index (χ0n) is 16.8. The van der Waals surface area contributed by atoms with E-state index in [-0.39, 0.29) is 22.2 Å². The van der Waals surface area contributed by atoms with Crippen molar-refractivity contribution in [2.45, 2.75) is 85.1 Å². The van der Waals surface area contributed by atoms with Crippen LogP contribution in [-0.2, 0) is 4.79 Å². The molecule has 0 unspecified atom stereocenters. The summed E-state index contributed by atoms with van der Waals surface area (Å²) in [5.74, 6) is 1.89. The number of hydrogen-bond donors (Lipinski definition) is 1. The van der Waals surface area contributed by atoms with E-state index in [2.05, 4.69) is 26.8 Å². The molecular weight excluding hydrogens is 296 g/mol. The molecule has 0 aliphatic heterocycles. The van der Waals surface area contributed by atoms with Gasteiger partial charge in [-0.2, -0.15) is 0 Å². The maximum absolute atomic E-state index is 12.3. The lowest BCUT2D eigenvalue weighted by Gasteiger charge is -2.63. The van der Waals surface area contributed by atoms with Crippen LogP contribution in [0.3, 0.4) is 0 Å². The lowest BCUT2D eigenvalue weighted by Crippen LogP contribution is -2.56. The quantitative estimate of drug-likeness (QED) is 0.693. The zero-order chi connectivity index (χ0) is 18.3. The fourth-order valence-electron chi connectivity index (χ4n) is 7.81.